The molecule has 0 bridgehead atoms. The zero-order valence-electron chi connectivity index (χ0n) is 10.1. The van der Waals surface area contributed by atoms with E-state index in [0.717, 1.165) is 5.56 Å². The minimum atomic E-state index is -1.00. The maximum absolute atomic E-state index is 13.4. The van der Waals surface area contributed by atoms with Crippen LogP contribution in [0.5, 0.6) is 0 Å². The molecule has 17 heavy (non-hydrogen) atoms. The molecule has 0 spiro atoms. The number of aryl methyl sites for hydroxylation is 1. The van der Waals surface area contributed by atoms with Gasteiger partial charge in [-0.25, -0.2) is 4.39 Å². The fourth-order valence-corrected chi connectivity index (χ4v) is 1.58. The lowest BCUT2D eigenvalue weighted by atomic mass is 10.1. The Morgan fingerprint density at radius 2 is 2.18 bits per heavy atom. The fourth-order valence-electron chi connectivity index (χ4n) is 1.26. The van der Waals surface area contributed by atoms with Crippen LogP contribution < -0.4 is 5.32 Å². The highest BCUT2D eigenvalue weighted by Crippen LogP contribution is 2.09. The van der Waals surface area contributed by atoms with Gasteiger partial charge in [-0.3, -0.25) is 9.00 Å². The highest BCUT2D eigenvalue weighted by Gasteiger charge is 2.13. The molecule has 0 aliphatic rings. The fraction of sp³-hybridized carbons (Fsp3) is 0.417. The SMILES string of the molecule is Cc1ccc(F)c(C(=O)NCC(C)S(C)=O)c1. The average molecular weight is 257 g/mol. The summed E-state index contributed by atoms with van der Waals surface area (Å²) in [5, 5.41) is 2.43. The van der Waals surface area contributed by atoms with Crippen molar-refractivity contribution in [1.29, 1.82) is 0 Å². The van der Waals surface area contributed by atoms with Crippen LogP contribution in [-0.2, 0) is 10.8 Å². The molecule has 0 saturated heterocycles. The highest BCUT2D eigenvalue weighted by molar-refractivity contribution is 7.84. The molecule has 0 aliphatic carbocycles. The van der Waals surface area contributed by atoms with E-state index < -0.39 is 22.5 Å². The number of carbonyl (C=O) groups is 1. The maximum atomic E-state index is 13.4. The molecule has 0 fully saturated rings. The van der Waals surface area contributed by atoms with Crippen molar-refractivity contribution < 1.29 is 13.4 Å². The van der Waals surface area contributed by atoms with Crippen molar-refractivity contribution in [1.82, 2.24) is 5.32 Å². The van der Waals surface area contributed by atoms with Crippen molar-refractivity contribution in [3.8, 4) is 0 Å². The Morgan fingerprint density at radius 1 is 1.53 bits per heavy atom. The van der Waals surface area contributed by atoms with Gasteiger partial charge in [-0.1, -0.05) is 11.6 Å². The summed E-state index contributed by atoms with van der Waals surface area (Å²) < 4.78 is 24.5. The standard InChI is InChI=1S/C12H16FNO2S/c1-8-4-5-11(13)10(6-8)12(15)14-7-9(2)17(3)16/h4-6,9H,7H2,1-3H3,(H,14,15). The number of amides is 1. The van der Waals surface area contributed by atoms with Crippen molar-refractivity contribution >= 4 is 16.7 Å². The summed E-state index contributed by atoms with van der Waals surface area (Å²) in [5.41, 5.74) is 0.850. The summed E-state index contributed by atoms with van der Waals surface area (Å²) in [4.78, 5) is 11.7. The Hall–Kier alpha value is -1.23. The van der Waals surface area contributed by atoms with Crippen LogP contribution in [0.3, 0.4) is 0 Å². The third-order valence-corrected chi connectivity index (χ3v) is 3.78. The molecule has 2 unspecified atom stereocenters. The first-order valence-electron chi connectivity index (χ1n) is 5.28. The summed E-state index contributed by atoms with van der Waals surface area (Å²) in [6, 6.07) is 4.37. The Morgan fingerprint density at radius 3 is 2.76 bits per heavy atom. The lowest BCUT2D eigenvalue weighted by Crippen LogP contribution is -2.33. The van der Waals surface area contributed by atoms with Crippen LogP contribution in [0, 0.1) is 12.7 Å². The lowest BCUT2D eigenvalue weighted by Gasteiger charge is -2.10. The first-order chi connectivity index (χ1) is 7.91. The van der Waals surface area contributed by atoms with E-state index >= 15 is 0 Å². The Balaban J connectivity index is 2.70. The van der Waals surface area contributed by atoms with Gasteiger partial charge in [0, 0.05) is 28.9 Å². The Labute approximate surface area is 103 Å². The van der Waals surface area contributed by atoms with Crippen LogP contribution in [0.4, 0.5) is 4.39 Å². The van der Waals surface area contributed by atoms with Crippen LogP contribution in [0.15, 0.2) is 18.2 Å². The first-order valence-corrected chi connectivity index (χ1v) is 6.90. The van der Waals surface area contributed by atoms with Gasteiger partial charge >= 0.3 is 0 Å². The quantitative estimate of drug-likeness (QED) is 0.891. The van der Waals surface area contributed by atoms with Gasteiger partial charge in [0.15, 0.2) is 0 Å². The molecule has 3 nitrogen and oxygen atoms in total. The van der Waals surface area contributed by atoms with E-state index in [4.69, 9.17) is 0 Å². The van der Waals surface area contributed by atoms with Crippen LogP contribution in [0.2, 0.25) is 0 Å². The molecule has 0 aromatic heterocycles. The third-order valence-electron chi connectivity index (χ3n) is 2.48. The normalized spacial score (nSPS) is 14.1. The number of nitrogens with one attached hydrogen (secondary N) is 1. The maximum Gasteiger partial charge on any atom is 0.254 e. The van der Waals surface area contributed by atoms with Crippen molar-refractivity contribution in [2.75, 3.05) is 12.8 Å². The van der Waals surface area contributed by atoms with Gasteiger partial charge < -0.3 is 5.32 Å². The van der Waals surface area contributed by atoms with Gasteiger partial charge in [-0.05, 0) is 26.0 Å². The Kier molecular flexibility index (Phi) is 4.81. The second kappa shape index (κ2) is 5.91. The molecule has 1 aromatic rings. The summed E-state index contributed by atoms with van der Waals surface area (Å²) in [6.45, 7) is 3.83. The topological polar surface area (TPSA) is 46.2 Å². The molecule has 1 rings (SSSR count). The number of carbonyl (C=O) groups excluding carboxylic acids is 1. The Bertz CT molecular complexity index is 448. The molecule has 1 aromatic carbocycles. The summed E-state index contributed by atoms with van der Waals surface area (Å²) in [6.07, 6.45) is 1.57. The van der Waals surface area contributed by atoms with Crippen molar-refractivity contribution in [3.63, 3.8) is 0 Å². The predicted molar refractivity (Wildman–Crippen MR) is 67.0 cm³/mol. The number of hydrogen-bond acceptors (Lipinski definition) is 2. The van der Waals surface area contributed by atoms with Gasteiger partial charge in [0.1, 0.15) is 5.82 Å². The lowest BCUT2D eigenvalue weighted by molar-refractivity contribution is 0.0950. The van der Waals surface area contributed by atoms with E-state index in [0.29, 0.717) is 0 Å². The molecule has 0 radical (unpaired) electrons. The highest BCUT2D eigenvalue weighted by atomic mass is 32.2. The molecule has 0 aliphatic heterocycles. The van der Waals surface area contributed by atoms with Crippen LogP contribution in [0.1, 0.15) is 22.8 Å². The minimum Gasteiger partial charge on any atom is -0.351 e. The molecular weight excluding hydrogens is 241 g/mol. The van der Waals surface area contributed by atoms with Gasteiger partial charge in [-0.2, -0.15) is 0 Å². The smallest absolute Gasteiger partial charge is 0.254 e. The molecule has 5 heteroatoms. The molecule has 2 atom stereocenters. The van der Waals surface area contributed by atoms with Crippen molar-refractivity contribution in [3.05, 3.63) is 35.1 Å². The molecule has 0 heterocycles. The monoisotopic (exact) mass is 257 g/mol. The largest absolute Gasteiger partial charge is 0.351 e. The van der Waals surface area contributed by atoms with E-state index in [1.807, 2.05) is 0 Å². The van der Waals surface area contributed by atoms with Crippen LogP contribution in [0.25, 0.3) is 0 Å². The van der Waals surface area contributed by atoms with E-state index in [1.54, 1.807) is 26.2 Å². The first kappa shape index (κ1) is 13.8. The number of benzene rings is 1. The zero-order chi connectivity index (χ0) is 13.0. The minimum absolute atomic E-state index is 0.0269. The second-order valence-electron chi connectivity index (χ2n) is 4.00. The van der Waals surface area contributed by atoms with Gasteiger partial charge in [0.25, 0.3) is 5.91 Å². The van der Waals surface area contributed by atoms with Gasteiger partial charge in [0.2, 0.25) is 0 Å². The number of halogens is 1. The summed E-state index contributed by atoms with van der Waals surface area (Å²) >= 11 is 0. The summed E-state index contributed by atoms with van der Waals surface area (Å²) in [5.74, 6) is -1.01. The molecular formula is C12H16FNO2S. The molecule has 1 N–H and O–H groups in total. The zero-order valence-corrected chi connectivity index (χ0v) is 10.9. The third kappa shape index (κ3) is 3.93. The van der Waals surface area contributed by atoms with E-state index in [-0.39, 0.29) is 17.4 Å². The van der Waals surface area contributed by atoms with Crippen LogP contribution >= 0.6 is 0 Å². The predicted octanol–water partition coefficient (Wildman–Crippen LogP) is 1.63. The van der Waals surface area contributed by atoms with E-state index in [2.05, 4.69) is 5.32 Å². The second-order valence-corrected chi connectivity index (χ2v) is 5.80. The molecule has 0 saturated carbocycles. The number of hydrogen-bond donors (Lipinski definition) is 1. The van der Waals surface area contributed by atoms with Crippen LogP contribution in [-0.4, -0.2) is 28.2 Å². The number of rotatable bonds is 4. The van der Waals surface area contributed by atoms with Crippen molar-refractivity contribution in [2.24, 2.45) is 0 Å². The van der Waals surface area contributed by atoms with Crippen molar-refractivity contribution in [2.45, 2.75) is 19.1 Å². The average Bonchev–Trinajstić information content (AvgIpc) is 2.28. The summed E-state index contributed by atoms with van der Waals surface area (Å²) in [7, 11) is -1.00. The van der Waals surface area contributed by atoms with Gasteiger partial charge in [0.05, 0.1) is 5.56 Å². The van der Waals surface area contributed by atoms with Gasteiger partial charge in [-0.15, -0.1) is 0 Å². The van der Waals surface area contributed by atoms with E-state index in [1.165, 1.54) is 12.1 Å². The molecule has 94 valence electrons. The molecule has 1 amide bonds. The van der Waals surface area contributed by atoms with E-state index in [9.17, 15) is 13.4 Å².